The summed E-state index contributed by atoms with van der Waals surface area (Å²) in [4.78, 5) is 24.8. The Labute approximate surface area is 247 Å². The van der Waals surface area contributed by atoms with Crippen LogP contribution in [-0.2, 0) is 13.6 Å². The number of halogens is 1. The number of aromatic nitrogens is 4. The summed E-state index contributed by atoms with van der Waals surface area (Å²) in [5.74, 6) is 0.980. The molecule has 1 amide bonds. The number of carbonyl (C=O) groups is 1. The number of pyridine rings is 1. The lowest BCUT2D eigenvalue weighted by atomic mass is 10.0. The molecule has 2 fully saturated rings. The van der Waals surface area contributed by atoms with E-state index in [1.54, 1.807) is 31.4 Å². The molecule has 7 rings (SSSR count). The van der Waals surface area contributed by atoms with E-state index in [0.29, 0.717) is 46.4 Å². The van der Waals surface area contributed by atoms with Crippen molar-refractivity contribution in [1.29, 1.82) is 0 Å². The SMILES string of the molecule is COc1cc(C(=O)N2C[C@H](N)C[C@@H](F)C2)cc2nc(-c3cc4ccc(-c5cccc(O)c5O)nc4n3CC3CC3)n(C)c12. The van der Waals surface area contributed by atoms with Crippen molar-refractivity contribution in [2.24, 2.45) is 18.7 Å². The summed E-state index contributed by atoms with van der Waals surface area (Å²) < 4.78 is 24.1. The number of alkyl halides is 1. The number of nitrogens with two attached hydrogens (primary N) is 1. The molecule has 0 unspecified atom stereocenters. The summed E-state index contributed by atoms with van der Waals surface area (Å²) in [5.41, 5.74) is 10.3. The molecule has 1 saturated carbocycles. The normalized spacial score (nSPS) is 18.9. The van der Waals surface area contributed by atoms with E-state index < -0.39 is 12.2 Å². The fraction of sp³-hybridized carbons (Fsp3) is 0.344. The zero-order valence-electron chi connectivity index (χ0n) is 24.0. The first-order valence-corrected chi connectivity index (χ1v) is 14.5. The second kappa shape index (κ2) is 10.3. The van der Waals surface area contributed by atoms with Gasteiger partial charge in [0.15, 0.2) is 17.3 Å². The molecule has 0 bridgehead atoms. The van der Waals surface area contributed by atoms with Crippen molar-refractivity contribution in [1.82, 2.24) is 24.0 Å². The first-order valence-electron chi connectivity index (χ1n) is 14.5. The van der Waals surface area contributed by atoms with Crippen molar-refractivity contribution < 1.29 is 24.1 Å². The zero-order chi connectivity index (χ0) is 30.0. The van der Waals surface area contributed by atoms with Gasteiger partial charge in [-0.15, -0.1) is 0 Å². The van der Waals surface area contributed by atoms with Crippen molar-refractivity contribution in [2.75, 3.05) is 20.2 Å². The minimum absolute atomic E-state index is 0.0109. The molecule has 10 nitrogen and oxygen atoms in total. The second-order valence-electron chi connectivity index (χ2n) is 11.7. The second-order valence-corrected chi connectivity index (χ2v) is 11.7. The molecule has 1 saturated heterocycles. The van der Waals surface area contributed by atoms with Gasteiger partial charge in [-0.1, -0.05) is 6.07 Å². The van der Waals surface area contributed by atoms with Gasteiger partial charge < -0.3 is 34.7 Å². The van der Waals surface area contributed by atoms with Crippen LogP contribution in [0.2, 0.25) is 0 Å². The molecule has 3 aromatic heterocycles. The number of rotatable bonds is 6. The summed E-state index contributed by atoms with van der Waals surface area (Å²) in [7, 11) is 3.46. The maximum absolute atomic E-state index is 14.2. The summed E-state index contributed by atoms with van der Waals surface area (Å²) >= 11 is 0. The first-order chi connectivity index (χ1) is 20.7. The number of para-hydroxylation sites is 1. The Morgan fingerprint density at radius 1 is 1.12 bits per heavy atom. The van der Waals surface area contributed by atoms with E-state index in [2.05, 4.69) is 4.57 Å². The highest BCUT2D eigenvalue weighted by Crippen LogP contribution is 2.40. The van der Waals surface area contributed by atoms with Gasteiger partial charge in [0, 0.05) is 42.7 Å². The van der Waals surface area contributed by atoms with Crippen LogP contribution in [0.5, 0.6) is 17.2 Å². The number of nitrogens with zero attached hydrogens (tertiary/aromatic N) is 5. The number of phenolic OH excluding ortho intramolecular Hbond substituents is 2. The Bertz CT molecular complexity index is 1880. The van der Waals surface area contributed by atoms with Crippen LogP contribution in [0, 0.1) is 5.92 Å². The van der Waals surface area contributed by atoms with Gasteiger partial charge in [-0.3, -0.25) is 4.79 Å². The molecule has 0 radical (unpaired) electrons. The van der Waals surface area contributed by atoms with Crippen molar-refractivity contribution in [3.05, 3.63) is 54.1 Å². The van der Waals surface area contributed by atoms with E-state index >= 15 is 0 Å². The maximum atomic E-state index is 14.2. The summed E-state index contributed by atoms with van der Waals surface area (Å²) in [6, 6.07) is 13.7. The molecule has 0 spiro atoms. The minimum atomic E-state index is -1.15. The van der Waals surface area contributed by atoms with Crippen LogP contribution in [0.25, 0.3) is 44.8 Å². The Morgan fingerprint density at radius 2 is 1.93 bits per heavy atom. The molecule has 11 heteroatoms. The van der Waals surface area contributed by atoms with Crippen molar-refractivity contribution in [3.63, 3.8) is 0 Å². The first kappa shape index (κ1) is 27.2. The van der Waals surface area contributed by atoms with Crippen LogP contribution in [0.1, 0.15) is 29.6 Å². The third-order valence-corrected chi connectivity index (χ3v) is 8.52. The fourth-order valence-corrected chi connectivity index (χ4v) is 6.19. The van der Waals surface area contributed by atoms with Crippen LogP contribution >= 0.6 is 0 Å². The minimum Gasteiger partial charge on any atom is -0.504 e. The number of ether oxygens (including phenoxy) is 1. The van der Waals surface area contributed by atoms with Gasteiger partial charge in [-0.25, -0.2) is 14.4 Å². The average molecular weight is 585 g/mol. The molecule has 4 N–H and O–H groups in total. The van der Waals surface area contributed by atoms with E-state index in [-0.39, 0.29) is 30.4 Å². The number of benzene rings is 2. The van der Waals surface area contributed by atoms with E-state index in [0.717, 1.165) is 41.6 Å². The van der Waals surface area contributed by atoms with E-state index in [1.807, 2.05) is 29.8 Å². The number of methoxy groups -OCH3 is 1. The Balaban J connectivity index is 1.35. The third-order valence-electron chi connectivity index (χ3n) is 8.52. The summed E-state index contributed by atoms with van der Waals surface area (Å²) in [5, 5.41) is 21.5. The molecule has 2 atom stereocenters. The number of likely N-dealkylation sites (tertiary alicyclic amines) is 1. The van der Waals surface area contributed by atoms with Crippen LogP contribution in [0.3, 0.4) is 0 Å². The van der Waals surface area contributed by atoms with Crippen LogP contribution in [0.15, 0.2) is 48.5 Å². The van der Waals surface area contributed by atoms with E-state index in [1.165, 1.54) is 11.0 Å². The number of piperidine rings is 1. The lowest BCUT2D eigenvalue weighted by Crippen LogP contribution is -2.50. The number of aromatic hydroxyl groups is 2. The largest absolute Gasteiger partial charge is 0.504 e. The van der Waals surface area contributed by atoms with Crippen molar-refractivity contribution >= 4 is 28.0 Å². The molecule has 1 aliphatic heterocycles. The predicted octanol–water partition coefficient (Wildman–Crippen LogP) is 4.60. The Morgan fingerprint density at radius 3 is 2.67 bits per heavy atom. The van der Waals surface area contributed by atoms with Gasteiger partial charge in [0.05, 0.1) is 30.6 Å². The highest BCUT2D eigenvalue weighted by Gasteiger charge is 2.30. The molecule has 4 heterocycles. The quantitative estimate of drug-likeness (QED) is 0.249. The zero-order valence-corrected chi connectivity index (χ0v) is 24.0. The van der Waals surface area contributed by atoms with Crippen molar-refractivity contribution in [2.45, 2.75) is 38.0 Å². The van der Waals surface area contributed by atoms with Crippen LogP contribution in [-0.4, -0.2) is 72.5 Å². The van der Waals surface area contributed by atoms with Gasteiger partial charge >= 0.3 is 0 Å². The Hall–Kier alpha value is -4.64. The maximum Gasteiger partial charge on any atom is 0.254 e. The molecule has 222 valence electrons. The number of phenols is 2. The third kappa shape index (κ3) is 4.73. The number of fused-ring (bicyclic) bond motifs is 2. The van der Waals surface area contributed by atoms with E-state index in [4.69, 9.17) is 20.4 Å². The van der Waals surface area contributed by atoms with Crippen LogP contribution < -0.4 is 10.5 Å². The van der Waals surface area contributed by atoms with Gasteiger partial charge in [0.1, 0.15) is 23.1 Å². The van der Waals surface area contributed by atoms with Gasteiger partial charge in [0.25, 0.3) is 5.91 Å². The molecular weight excluding hydrogens is 551 g/mol. The molecular formula is C32H33FN6O4. The Kier molecular flexibility index (Phi) is 6.50. The van der Waals surface area contributed by atoms with Crippen molar-refractivity contribution in [3.8, 4) is 40.0 Å². The lowest BCUT2D eigenvalue weighted by molar-refractivity contribution is 0.0606. The molecule has 43 heavy (non-hydrogen) atoms. The highest BCUT2D eigenvalue weighted by atomic mass is 19.1. The van der Waals surface area contributed by atoms with Gasteiger partial charge in [0.2, 0.25) is 0 Å². The topological polar surface area (TPSA) is 132 Å². The average Bonchev–Trinajstić information content (AvgIpc) is 3.66. The van der Waals surface area contributed by atoms with Gasteiger partial charge in [-0.05, 0) is 67.6 Å². The lowest BCUT2D eigenvalue weighted by Gasteiger charge is -2.33. The number of hydrogen-bond donors (Lipinski definition) is 3. The number of aryl methyl sites for hydroxylation is 1. The fourth-order valence-electron chi connectivity index (χ4n) is 6.19. The van der Waals surface area contributed by atoms with E-state index in [9.17, 15) is 19.4 Å². The highest BCUT2D eigenvalue weighted by molar-refractivity contribution is 6.00. The smallest absolute Gasteiger partial charge is 0.254 e. The molecule has 2 aromatic carbocycles. The van der Waals surface area contributed by atoms with Gasteiger partial charge in [-0.2, -0.15) is 0 Å². The number of amides is 1. The monoisotopic (exact) mass is 584 g/mol. The molecule has 1 aliphatic carbocycles. The number of imidazole rings is 1. The molecule has 5 aromatic rings. The van der Waals surface area contributed by atoms with Crippen LogP contribution in [0.4, 0.5) is 4.39 Å². The number of carbonyl (C=O) groups excluding carboxylic acids is 1. The number of hydrogen-bond acceptors (Lipinski definition) is 7. The standard InChI is InChI=1S/C32H33FN6O4/c1-37-28-24(10-19(12-27(28)43-2)32(42)38-15-20(33)13-21(34)16-38)36-31(37)25-11-18-8-9-23(22-4-3-5-26(40)29(22)41)35-30(18)39(25)14-17-6-7-17/h3-5,8-12,17,20-21,40-41H,6-7,13-16,34H2,1-2H3/t20-,21-/m1/s1. The summed E-state index contributed by atoms with van der Waals surface area (Å²) in [6.07, 6.45) is 1.36. The summed E-state index contributed by atoms with van der Waals surface area (Å²) in [6.45, 7) is 1.06. The molecule has 2 aliphatic rings. The predicted molar refractivity (Wildman–Crippen MR) is 161 cm³/mol.